The molecule has 7 N–H and O–H groups in total. The largest absolute Gasteiger partial charge is 0.475 e. The van der Waals surface area contributed by atoms with E-state index in [0.29, 0.717) is 5.69 Å². The van der Waals surface area contributed by atoms with E-state index in [2.05, 4.69) is 46.9 Å². The number of nitrogens with one attached hydrogen (secondary N) is 6. The van der Waals surface area contributed by atoms with E-state index in [4.69, 9.17) is 0 Å². The normalized spacial score (nSPS) is 11.1. The zero-order chi connectivity index (χ0) is 41.8. The van der Waals surface area contributed by atoms with Crippen LogP contribution in [0.25, 0.3) is 0 Å². The number of amides is 6. The van der Waals surface area contributed by atoms with Crippen LogP contribution in [0.2, 0.25) is 0 Å². The first-order valence-electron chi connectivity index (χ1n) is 17.2. The number of aromatic nitrogens is 8. The van der Waals surface area contributed by atoms with E-state index in [1.165, 1.54) is 62.2 Å². The van der Waals surface area contributed by atoms with Crippen LogP contribution in [0.3, 0.4) is 0 Å². The van der Waals surface area contributed by atoms with Gasteiger partial charge in [-0.15, -0.1) is 0 Å². The predicted octanol–water partition coefficient (Wildman–Crippen LogP) is 1.06. The molecule has 5 aromatic heterocycles. The molecule has 0 bridgehead atoms. The van der Waals surface area contributed by atoms with Crippen molar-refractivity contribution in [1.82, 2.24) is 48.4 Å². The number of rotatable bonds is 15. The summed E-state index contributed by atoms with van der Waals surface area (Å²) in [6, 6.07) is 2.94. The molecule has 0 atom stereocenters. The lowest BCUT2D eigenvalue weighted by atomic mass is 10.00. The van der Waals surface area contributed by atoms with Gasteiger partial charge in [-0.05, 0) is 26.0 Å². The Morgan fingerprint density at radius 1 is 0.632 bits per heavy atom. The summed E-state index contributed by atoms with van der Waals surface area (Å²) in [6.45, 7) is 3.26. The number of carbonyl (C=O) groups excluding carboxylic acids is 6. The van der Waals surface area contributed by atoms with Gasteiger partial charge in [-0.1, -0.05) is 0 Å². The zero-order valence-electron chi connectivity index (χ0n) is 32.1. The second kappa shape index (κ2) is 16.5. The highest BCUT2D eigenvalue weighted by molar-refractivity contribution is 6.04. The fraction of sp³-hybridized carbons (Fsp3) is 0.314. The third kappa shape index (κ3) is 9.97. The van der Waals surface area contributed by atoms with Gasteiger partial charge in [0.1, 0.15) is 11.4 Å². The molecule has 6 amide bonds. The van der Waals surface area contributed by atoms with Crippen LogP contribution in [0.15, 0.2) is 49.3 Å². The van der Waals surface area contributed by atoms with Gasteiger partial charge >= 0.3 is 5.97 Å². The predicted molar refractivity (Wildman–Crippen MR) is 204 cm³/mol. The minimum Gasteiger partial charge on any atom is -0.475 e. The zero-order valence-corrected chi connectivity index (χ0v) is 32.1. The Balaban J connectivity index is 1.09. The molecule has 0 radical (unpaired) electrons. The second-order valence-corrected chi connectivity index (χ2v) is 13.8. The van der Waals surface area contributed by atoms with E-state index < -0.39 is 47.0 Å². The van der Waals surface area contributed by atoms with Gasteiger partial charge in [0.25, 0.3) is 23.6 Å². The van der Waals surface area contributed by atoms with Gasteiger partial charge in [0, 0.05) is 97.3 Å². The molecule has 22 nitrogen and oxygen atoms in total. The number of carboxylic acid groups (broad SMARTS) is 1. The lowest BCUT2D eigenvalue weighted by molar-refractivity contribution is -0.117. The van der Waals surface area contributed by atoms with Gasteiger partial charge in [0.2, 0.25) is 23.5 Å². The van der Waals surface area contributed by atoms with Crippen molar-refractivity contribution in [2.45, 2.75) is 32.2 Å². The maximum atomic E-state index is 13.2. The van der Waals surface area contributed by atoms with Crippen LogP contribution < -0.4 is 31.9 Å². The molecule has 0 spiro atoms. The van der Waals surface area contributed by atoms with Crippen LogP contribution in [-0.2, 0) is 44.8 Å². The van der Waals surface area contributed by atoms with Crippen molar-refractivity contribution in [3.8, 4) is 0 Å². The highest BCUT2D eigenvalue weighted by atomic mass is 16.4. The summed E-state index contributed by atoms with van der Waals surface area (Å²) in [4.78, 5) is 100. The van der Waals surface area contributed by atoms with E-state index in [9.17, 15) is 38.7 Å². The molecule has 0 aliphatic heterocycles. The van der Waals surface area contributed by atoms with E-state index in [1.807, 2.05) is 0 Å². The molecule has 0 unspecified atom stereocenters. The summed E-state index contributed by atoms with van der Waals surface area (Å²) in [5.41, 5.74) is 0.0597. The van der Waals surface area contributed by atoms with Crippen LogP contribution in [0.1, 0.15) is 79.5 Å². The van der Waals surface area contributed by atoms with Crippen molar-refractivity contribution in [3.05, 3.63) is 78.2 Å². The molecule has 0 aromatic carbocycles. The van der Waals surface area contributed by atoms with Crippen molar-refractivity contribution in [1.29, 1.82) is 0 Å². The molecule has 0 aliphatic rings. The van der Waals surface area contributed by atoms with Crippen LogP contribution in [0.4, 0.5) is 23.0 Å². The monoisotopic (exact) mass is 786 g/mol. The Hall–Kier alpha value is -7.52. The highest BCUT2D eigenvalue weighted by Crippen LogP contribution is 2.19. The SMILES string of the molecule is Cn1cc(NC(=O)c2nccn2C)cc1C(=O)NCCC(=O)Nc1cn(C)c(C(=O)Nc2cc(C(=O)NC(C)(C)CC(=O)Nc3cn(C)c(C(=O)O)n3)n(C)c2)n1. The lowest BCUT2D eigenvalue weighted by Gasteiger charge is -2.25. The van der Waals surface area contributed by atoms with E-state index in [0.717, 1.165) is 0 Å². The first-order valence-corrected chi connectivity index (χ1v) is 17.2. The molecule has 5 aromatic rings. The molecule has 0 saturated carbocycles. The molecule has 0 saturated heterocycles. The van der Waals surface area contributed by atoms with Crippen molar-refractivity contribution in [2.75, 3.05) is 27.8 Å². The average molecular weight is 787 g/mol. The van der Waals surface area contributed by atoms with Gasteiger partial charge in [-0.25, -0.2) is 19.7 Å². The summed E-state index contributed by atoms with van der Waals surface area (Å²) < 4.78 is 7.25. The van der Waals surface area contributed by atoms with Crippen molar-refractivity contribution < 1.29 is 38.7 Å². The van der Waals surface area contributed by atoms with Crippen LogP contribution in [0.5, 0.6) is 0 Å². The Labute approximate surface area is 324 Å². The fourth-order valence-electron chi connectivity index (χ4n) is 5.73. The number of anilines is 4. The van der Waals surface area contributed by atoms with Gasteiger partial charge in [0.05, 0.1) is 11.4 Å². The molecule has 0 fully saturated rings. The summed E-state index contributed by atoms with van der Waals surface area (Å²) in [5.74, 6) is -4.22. The van der Waals surface area contributed by atoms with Gasteiger partial charge < -0.3 is 59.8 Å². The molecule has 300 valence electrons. The average Bonchev–Trinajstić information content (AvgIpc) is 3.93. The van der Waals surface area contributed by atoms with E-state index in [1.54, 1.807) is 59.0 Å². The maximum Gasteiger partial charge on any atom is 0.372 e. The third-order valence-electron chi connectivity index (χ3n) is 8.39. The van der Waals surface area contributed by atoms with Gasteiger partial charge in [-0.3, -0.25) is 28.8 Å². The number of nitrogens with zero attached hydrogens (tertiary/aromatic N) is 8. The van der Waals surface area contributed by atoms with E-state index in [-0.39, 0.29) is 65.6 Å². The van der Waals surface area contributed by atoms with E-state index >= 15 is 0 Å². The lowest BCUT2D eigenvalue weighted by Crippen LogP contribution is -2.46. The molecular formula is C35H42N14O8. The Bertz CT molecular complexity index is 2390. The first-order chi connectivity index (χ1) is 26.8. The molecule has 57 heavy (non-hydrogen) atoms. The first kappa shape index (κ1) is 40.7. The van der Waals surface area contributed by atoms with Crippen molar-refractivity contribution in [2.24, 2.45) is 35.2 Å². The fourth-order valence-corrected chi connectivity index (χ4v) is 5.73. The van der Waals surface area contributed by atoms with Crippen LogP contribution >= 0.6 is 0 Å². The summed E-state index contributed by atoms with van der Waals surface area (Å²) in [5, 5.41) is 25.1. The Morgan fingerprint density at radius 2 is 1.16 bits per heavy atom. The summed E-state index contributed by atoms with van der Waals surface area (Å²) >= 11 is 0. The summed E-state index contributed by atoms with van der Waals surface area (Å²) in [6.07, 6.45) is 8.76. The standard InChI is InChI=1S/C35H42N14O8/c1-35(2,14-26(51)41-24-18-49(7)29(43-24)34(56)57)44-31(53)22-13-20(16-47(22)5)39-33(55)28-42-23(17-48(28)6)40-25(50)8-9-37-30(52)21-12-19(15-46(21)4)38-32(54)27-36-10-11-45(27)3/h10-13,15-18H,8-9,14H2,1-7H3,(H,37,52)(H,38,54)(H,39,55)(H,40,50)(H,41,51)(H,44,53)(H,56,57). The number of aromatic carboxylic acids is 1. The Morgan fingerprint density at radius 3 is 1.70 bits per heavy atom. The number of hydrogen-bond donors (Lipinski definition) is 7. The number of hydrogen-bond acceptors (Lipinski definition) is 10. The Kier molecular flexibility index (Phi) is 11.7. The number of carboxylic acids is 1. The smallest absolute Gasteiger partial charge is 0.372 e. The second-order valence-electron chi connectivity index (χ2n) is 13.8. The minimum absolute atomic E-state index is 0.0141. The van der Waals surface area contributed by atoms with Crippen LogP contribution in [0, 0.1) is 0 Å². The van der Waals surface area contributed by atoms with Crippen molar-refractivity contribution in [3.63, 3.8) is 0 Å². The molecule has 0 aliphatic carbocycles. The third-order valence-corrected chi connectivity index (χ3v) is 8.39. The maximum absolute atomic E-state index is 13.2. The van der Waals surface area contributed by atoms with Crippen LogP contribution in [-0.4, -0.2) is 96.4 Å². The number of carbonyl (C=O) groups is 7. The van der Waals surface area contributed by atoms with Crippen molar-refractivity contribution >= 4 is 64.4 Å². The number of aryl methyl sites for hydroxylation is 5. The quantitative estimate of drug-likeness (QED) is 0.0788. The van der Waals surface area contributed by atoms with Gasteiger partial charge in [0.15, 0.2) is 17.5 Å². The topological polar surface area (TPSA) is 275 Å². The highest BCUT2D eigenvalue weighted by Gasteiger charge is 2.27. The minimum atomic E-state index is -1.25. The molecule has 5 rings (SSSR count). The molecule has 22 heteroatoms. The molecule has 5 heterocycles. The number of imidazole rings is 3. The summed E-state index contributed by atoms with van der Waals surface area (Å²) in [7, 11) is 7.97. The van der Waals surface area contributed by atoms with Gasteiger partial charge in [-0.2, -0.15) is 0 Å². The molecular weight excluding hydrogens is 744 g/mol.